The molecule has 0 spiro atoms. The van der Waals surface area contributed by atoms with Crippen LogP contribution in [0, 0.1) is 6.92 Å². The maximum absolute atomic E-state index is 12.7. The first kappa shape index (κ1) is 16.9. The second-order valence-corrected chi connectivity index (χ2v) is 5.16. The highest BCUT2D eigenvalue weighted by Crippen LogP contribution is 2.30. The molecule has 2 aromatic rings. The second-order valence-electron chi connectivity index (χ2n) is 5.16. The predicted octanol–water partition coefficient (Wildman–Crippen LogP) is 4.09. The zero-order valence-electron chi connectivity index (χ0n) is 12.3. The van der Waals surface area contributed by atoms with Gasteiger partial charge < -0.3 is 9.84 Å². The number of benzene rings is 2. The molecule has 0 fully saturated rings. The lowest BCUT2D eigenvalue weighted by molar-refractivity contribution is -0.145. The molecule has 0 saturated carbocycles. The van der Waals surface area contributed by atoms with Crippen molar-refractivity contribution >= 4 is 5.97 Å². The van der Waals surface area contributed by atoms with E-state index >= 15 is 0 Å². The van der Waals surface area contributed by atoms with Crippen molar-refractivity contribution in [3.63, 3.8) is 0 Å². The summed E-state index contributed by atoms with van der Waals surface area (Å²) in [4.78, 5) is 11.3. The summed E-state index contributed by atoms with van der Waals surface area (Å²) in [5.41, 5.74) is 0.334. The Morgan fingerprint density at radius 3 is 2.48 bits per heavy atom. The van der Waals surface area contributed by atoms with Crippen LogP contribution < -0.4 is 4.74 Å². The number of carboxylic acid groups (broad SMARTS) is 1. The maximum Gasteiger partial charge on any atom is 0.416 e. The normalized spacial score (nSPS) is 12.7. The molecule has 1 N–H and O–H groups in total. The van der Waals surface area contributed by atoms with E-state index in [1.807, 2.05) is 13.0 Å². The second kappa shape index (κ2) is 6.73. The fourth-order valence-corrected chi connectivity index (χ4v) is 2.12. The highest BCUT2D eigenvalue weighted by molar-refractivity contribution is 5.73. The quantitative estimate of drug-likeness (QED) is 0.901. The van der Waals surface area contributed by atoms with Crippen molar-refractivity contribution < 1.29 is 27.8 Å². The Morgan fingerprint density at radius 1 is 1.17 bits per heavy atom. The van der Waals surface area contributed by atoms with Crippen LogP contribution >= 0.6 is 0 Å². The first-order valence-electron chi connectivity index (χ1n) is 6.88. The van der Waals surface area contributed by atoms with Gasteiger partial charge in [-0.1, -0.05) is 30.3 Å². The fraction of sp³-hybridized carbons (Fsp3) is 0.235. The van der Waals surface area contributed by atoms with Crippen LogP contribution in [0.15, 0.2) is 48.5 Å². The minimum absolute atomic E-state index is 0.160. The Bertz CT molecular complexity index is 695. The van der Waals surface area contributed by atoms with Crippen molar-refractivity contribution in [2.75, 3.05) is 0 Å². The van der Waals surface area contributed by atoms with Crippen molar-refractivity contribution in [1.29, 1.82) is 0 Å². The number of carboxylic acids is 1. The van der Waals surface area contributed by atoms with Crippen molar-refractivity contribution in [2.45, 2.75) is 25.6 Å². The van der Waals surface area contributed by atoms with E-state index in [1.165, 1.54) is 12.1 Å². The van der Waals surface area contributed by atoms with E-state index < -0.39 is 23.8 Å². The van der Waals surface area contributed by atoms with E-state index in [-0.39, 0.29) is 12.0 Å². The molecular formula is C17H15F3O3. The SMILES string of the molecule is Cc1cccc(O[C@H](Cc2cccc(C(F)(F)F)c2)C(=O)O)c1. The van der Waals surface area contributed by atoms with Gasteiger partial charge in [-0.3, -0.25) is 0 Å². The van der Waals surface area contributed by atoms with Crippen molar-refractivity contribution in [2.24, 2.45) is 0 Å². The average molecular weight is 324 g/mol. The van der Waals surface area contributed by atoms with Gasteiger partial charge in [-0.05, 0) is 36.2 Å². The fourth-order valence-electron chi connectivity index (χ4n) is 2.12. The lowest BCUT2D eigenvalue weighted by atomic mass is 10.0. The van der Waals surface area contributed by atoms with E-state index in [1.54, 1.807) is 18.2 Å². The summed E-state index contributed by atoms with van der Waals surface area (Å²) in [5.74, 6) is -0.867. The van der Waals surface area contributed by atoms with E-state index in [0.717, 1.165) is 17.7 Å². The standard InChI is InChI=1S/C17H15F3O3/c1-11-4-2-7-14(8-11)23-15(16(21)22)10-12-5-3-6-13(9-12)17(18,19)20/h2-9,15H,10H2,1H3,(H,21,22)/t15-/m1/s1. The lowest BCUT2D eigenvalue weighted by Crippen LogP contribution is -2.29. The van der Waals surface area contributed by atoms with Gasteiger partial charge in [0.1, 0.15) is 5.75 Å². The third-order valence-electron chi connectivity index (χ3n) is 3.22. The summed E-state index contributed by atoms with van der Waals surface area (Å²) in [5, 5.41) is 9.25. The first-order valence-corrected chi connectivity index (χ1v) is 6.88. The molecule has 23 heavy (non-hydrogen) atoms. The highest BCUT2D eigenvalue weighted by Gasteiger charge is 2.31. The van der Waals surface area contributed by atoms with Crippen LogP contribution in [0.4, 0.5) is 13.2 Å². The van der Waals surface area contributed by atoms with Crippen LogP contribution in [-0.2, 0) is 17.4 Å². The molecule has 3 nitrogen and oxygen atoms in total. The molecule has 0 aliphatic carbocycles. The molecule has 0 radical (unpaired) electrons. The number of hydrogen-bond acceptors (Lipinski definition) is 2. The van der Waals surface area contributed by atoms with E-state index in [9.17, 15) is 23.1 Å². The molecule has 0 bridgehead atoms. The molecule has 0 heterocycles. The van der Waals surface area contributed by atoms with Gasteiger partial charge in [0.2, 0.25) is 0 Å². The van der Waals surface area contributed by atoms with Crippen LogP contribution in [0.25, 0.3) is 0 Å². The molecule has 0 aliphatic rings. The molecule has 0 aromatic heterocycles. The zero-order chi connectivity index (χ0) is 17.0. The Labute approximate surface area is 131 Å². The number of aliphatic carboxylic acids is 1. The Morgan fingerprint density at radius 2 is 1.87 bits per heavy atom. The number of carbonyl (C=O) groups is 1. The molecule has 2 rings (SSSR count). The molecular weight excluding hydrogens is 309 g/mol. The van der Waals surface area contributed by atoms with Crippen LogP contribution in [0.3, 0.4) is 0 Å². The molecule has 2 aromatic carbocycles. The van der Waals surface area contributed by atoms with Gasteiger partial charge in [0.25, 0.3) is 0 Å². The number of rotatable bonds is 5. The summed E-state index contributed by atoms with van der Waals surface area (Å²) < 4.78 is 43.5. The number of ether oxygens (including phenoxy) is 1. The average Bonchev–Trinajstić information content (AvgIpc) is 2.46. The van der Waals surface area contributed by atoms with Crippen LogP contribution in [0.1, 0.15) is 16.7 Å². The van der Waals surface area contributed by atoms with Gasteiger partial charge >= 0.3 is 12.1 Å². The summed E-state index contributed by atoms with van der Waals surface area (Å²) in [6.07, 6.45) is -5.89. The first-order chi connectivity index (χ1) is 10.8. The van der Waals surface area contributed by atoms with E-state index in [0.29, 0.717) is 5.75 Å². The number of hydrogen-bond donors (Lipinski definition) is 1. The highest BCUT2D eigenvalue weighted by atomic mass is 19.4. The van der Waals surface area contributed by atoms with Crippen LogP contribution in [-0.4, -0.2) is 17.2 Å². The molecule has 0 amide bonds. The minimum atomic E-state index is -4.47. The molecule has 6 heteroatoms. The third-order valence-corrected chi connectivity index (χ3v) is 3.22. The lowest BCUT2D eigenvalue weighted by Gasteiger charge is -2.16. The monoisotopic (exact) mass is 324 g/mol. The van der Waals surface area contributed by atoms with Crippen molar-refractivity contribution in [3.05, 3.63) is 65.2 Å². The summed E-state index contributed by atoms with van der Waals surface area (Å²) >= 11 is 0. The zero-order valence-corrected chi connectivity index (χ0v) is 12.3. The summed E-state index contributed by atoms with van der Waals surface area (Å²) in [6, 6.07) is 11.4. The number of alkyl halides is 3. The summed E-state index contributed by atoms with van der Waals surface area (Å²) in [7, 11) is 0. The Balaban J connectivity index is 2.18. The van der Waals surface area contributed by atoms with Gasteiger partial charge in [0.05, 0.1) is 5.56 Å². The van der Waals surface area contributed by atoms with Crippen molar-refractivity contribution in [1.82, 2.24) is 0 Å². The van der Waals surface area contributed by atoms with Gasteiger partial charge in [-0.25, -0.2) is 4.79 Å². The number of halogens is 3. The van der Waals surface area contributed by atoms with Gasteiger partial charge in [0.15, 0.2) is 6.10 Å². The Kier molecular flexibility index (Phi) is 4.93. The van der Waals surface area contributed by atoms with Crippen LogP contribution in [0.5, 0.6) is 5.75 Å². The van der Waals surface area contributed by atoms with Crippen LogP contribution in [0.2, 0.25) is 0 Å². The van der Waals surface area contributed by atoms with Gasteiger partial charge in [-0.2, -0.15) is 13.2 Å². The molecule has 122 valence electrons. The number of aryl methyl sites for hydroxylation is 1. The molecule has 0 unspecified atom stereocenters. The topological polar surface area (TPSA) is 46.5 Å². The van der Waals surface area contributed by atoms with Gasteiger partial charge in [-0.15, -0.1) is 0 Å². The Hall–Kier alpha value is -2.50. The van der Waals surface area contributed by atoms with E-state index in [4.69, 9.17) is 4.74 Å². The predicted molar refractivity (Wildman–Crippen MR) is 78.4 cm³/mol. The smallest absolute Gasteiger partial charge is 0.416 e. The van der Waals surface area contributed by atoms with Crippen molar-refractivity contribution in [3.8, 4) is 5.75 Å². The minimum Gasteiger partial charge on any atom is -0.478 e. The largest absolute Gasteiger partial charge is 0.478 e. The third kappa shape index (κ3) is 4.74. The molecule has 1 atom stereocenters. The van der Waals surface area contributed by atoms with Gasteiger partial charge in [0, 0.05) is 6.42 Å². The molecule has 0 saturated heterocycles. The molecule has 0 aliphatic heterocycles. The van der Waals surface area contributed by atoms with E-state index in [2.05, 4.69) is 0 Å². The summed E-state index contributed by atoms with van der Waals surface area (Å²) in [6.45, 7) is 1.83. The maximum atomic E-state index is 12.7.